The number of nitrogens with one attached hydrogen (secondary N) is 3. The van der Waals surface area contributed by atoms with Crippen LogP contribution in [0, 0.1) is 0 Å². The van der Waals surface area contributed by atoms with Crippen molar-refractivity contribution in [1.82, 2.24) is 25.4 Å². The predicted molar refractivity (Wildman–Crippen MR) is 133 cm³/mol. The van der Waals surface area contributed by atoms with Gasteiger partial charge in [0.2, 0.25) is 11.8 Å². The SMILES string of the molecule is COc1ccc(C[C@H](NC(=O)[C@@H]2C[C@H](NC(=O)NC(C)C)CN2C(=O)c2cccn2C)C(N)=O)cc1. The fourth-order valence-electron chi connectivity index (χ4n) is 4.22. The van der Waals surface area contributed by atoms with Gasteiger partial charge in [0.1, 0.15) is 23.5 Å². The molecule has 1 aromatic heterocycles. The molecule has 0 radical (unpaired) electrons. The molecule has 3 atom stereocenters. The number of hydrogen-bond donors (Lipinski definition) is 4. The topological polar surface area (TPSA) is 148 Å². The Hall–Kier alpha value is -4.02. The van der Waals surface area contributed by atoms with Crippen LogP contribution < -0.4 is 26.4 Å². The number of amides is 5. The molecule has 0 saturated carbocycles. The van der Waals surface area contributed by atoms with E-state index in [0.717, 1.165) is 5.56 Å². The minimum absolute atomic E-state index is 0.0686. The van der Waals surface area contributed by atoms with Gasteiger partial charge < -0.3 is 35.9 Å². The quantitative estimate of drug-likeness (QED) is 0.398. The van der Waals surface area contributed by atoms with Crippen molar-refractivity contribution in [3.05, 3.63) is 53.9 Å². The summed E-state index contributed by atoms with van der Waals surface area (Å²) in [6.45, 7) is 3.82. The third-order valence-electron chi connectivity index (χ3n) is 6.04. The minimum Gasteiger partial charge on any atom is -0.497 e. The molecule has 1 saturated heterocycles. The number of hydrogen-bond acceptors (Lipinski definition) is 5. The second kappa shape index (κ2) is 11.6. The number of nitrogens with two attached hydrogens (primary N) is 1. The Kier molecular flexibility index (Phi) is 8.57. The van der Waals surface area contributed by atoms with Crippen LogP contribution in [0.4, 0.5) is 4.79 Å². The van der Waals surface area contributed by atoms with E-state index in [1.54, 1.807) is 61.3 Å². The maximum atomic E-state index is 13.4. The lowest BCUT2D eigenvalue weighted by Crippen LogP contribution is -2.53. The molecule has 11 heteroatoms. The van der Waals surface area contributed by atoms with Crippen LogP contribution in [0.25, 0.3) is 0 Å². The maximum Gasteiger partial charge on any atom is 0.315 e. The molecule has 2 aromatic rings. The average molecular weight is 499 g/mol. The number of urea groups is 1. The highest BCUT2D eigenvalue weighted by atomic mass is 16.5. The lowest BCUT2D eigenvalue weighted by Gasteiger charge is -2.26. The van der Waals surface area contributed by atoms with Crippen LogP contribution in [0.1, 0.15) is 36.3 Å². The molecular weight excluding hydrogens is 464 g/mol. The van der Waals surface area contributed by atoms with Gasteiger partial charge in [0.05, 0.1) is 13.2 Å². The lowest BCUT2D eigenvalue weighted by molar-refractivity contribution is -0.129. The molecule has 11 nitrogen and oxygen atoms in total. The molecule has 2 heterocycles. The summed E-state index contributed by atoms with van der Waals surface area (Å²) in [6, 6.07) is 7.72. The van der Waals surface area contributed by atoms with E-state index in [-0.39, 0.29) is 37.4 Å². The van der Waals surface area contributed by atoms with E-state index in [1.165, 1.54) is 4.90 Å². The highest BCUT2D eigenvalue weighted by Crippen LogP contribution is 2.22. The zero-order chi connectivity index (χ0) is 26.4. The van der Waals surface area contributed by atoms with Crippen LogP contribution in [0.2, 0.25) is 0 Å². The van der Waals surface area contributed by atoms with E-state index in [9.17, 15) is 19.2 Å². The molecular formula is C25H34N6O5. The van der Waals surface area contributed by atoms with Gasteiger partial charge in [-0.3, -0.25) is 14.4 Å². The first kappa shape index (κ1) is 26.6. The molecule has 0 spiro atoms. The number of ether oxygens (including phenoxy) is 1. The average Bonchev–Trinajstić information content (AvgIpc) is 3.44. The summed E-state index contributed by atoms with van der Waals surface area (Å²) >= 11 is 0. The van der Waals surface area contributed by atoms with Gasteiger partial charge in [-0.1, -0.05) is 12.1 Å². The van der Waals surface area contributed by atoms with Crippen molar-refractivity contribution in [2.24, 2.45) is 12.8 Å². The standard InChI is InChI=1S/C25H34N6O5/c1-15(2)27-25(35)28-17-13-21(31(14-17)24(34)20-6-5-11-30(20)3)23(33)29-19(22(26)32)12-16-7-9-18(36-4)10-8-16/h5-11,15,17,19,21H,12-14H2,1-4H3,(H2,26,32)(H,29,33)(H2,27,28,35)/t17-,19-,21-/m0/s1. The monoisotopic (exact) mass is 498 g/mol. The van der Waals surface area contributed by atoms with Crippen LogP contribution in [0.5, 0.6) is 5.75 Å². The highest BCUT2D eigenvalue weighted by Gasteiger charge is 2.42. The maximum absolute atomic E-state index is 13.4. The van der Waals surface area contributed by atoms with Crippen molar-refractivity contribution >= 4 is 23.8 Å². The van der Waals surface area contributed by atoms with E-state index in [1.807, 2.05) is 13.8 Å². The molecule has 1 aromatic carbocycles. The summed E-state index contributed by atoms with van der Waals surface area (Å²) < 4.78 is 6.82. The normalized spacial score (nSPS) is 18.0. The van der Waals surface area contributed by atoms with Crippen molar-refractivity contribution in [3.63, 3.8) is 0 Å². The van der Waals surface area contributed by atoms with Gasteiger partial charge in [-0.15, -0.1) is 0 Å². The Labute approximate surface area is 210 Å². The molecule has 1 fully saturated rings. The third kappa shape index (κ3) is 6.55. The molecule has 5 N–H and O–H groups in total. The molecule has 0 bridgehead atoms. The molecule has 1 aliphatic heterocycles. The number of likely N-dealkylation sites (tertiary alicyclic amines) is 1. The molecule has 194 valence electrons. The van der Waals surface area contributed by atoms with Crippen LogP contribution >= 0.6 is 0 Å². The summed E-state index contributed by atoms with van der Waals surface area (Å²) in [5.74, 6) is -0.881. The van der Waals surface area contributed by atoms with Gasteiger partial charge in [0, 0.05) is 32.3 Å². The van der Waals surface area contributed by atoms with Gasteiger partial charge in [0.15, 0.2) is 0 Å². The predicted octanol–water partition coefficient (Wildman–Crippen LogP) is 0.537. The number of methoxy groups -OCH3 is 1. The molecule has 0 unspecified atom stereocenters. The summed E-state index contributed by atoms with van der Waals surface area (Å²) in [4.78, 5) is 52.5. The lowest BCUT2D eigenvalue weighted by atomic mass is 10.0. The van der Waals surface area contributed by atoms with Crippen molar-refractivity contribution in [2.45, 2.75) is 50.9 Å². The van der Waals surface area contributed by atoms with Crippen LogP contribution in [-0.4, -0.2) is 71.0 Å². The van der Waals surface area contributed by atoms with Gasteiger partial charge in [-0.05, 0) is 50.1 Å². The number of carbonyl (C=O) groups is 4. The second-order valence-electron chi connectivity index (χ2n) is 9.20. The van der Waals surface area contributed by atoms with Crippen LogP contribution in [0.3, 0.4) is 0 Å². The van der Waals surface area contributed by atoms with E-state index in [0.29, 0.717) is 11.4 Å². The van der Waals surface area contributed by atoms with Crippen LogP contribution in [0.15, 0.2) is 42.6 Å². The first-order valence-electron chi connectivity index (χ1n) is 11.8. The van der Waals surface area contributed by atoms with Crippen LogP contribution in [-0.2, 0) is 23.1 Å². The van der Waals surface area contributed by atoms with E-state index >= 15 is 0 Å². The number of rotatable bonds is 9. The number of nitrogens with zero attached hydrogens (tertiary/aromatic N) is 2. The van der Waals surface area contributed by atoms with Gasteiger partial charge in [-0.2, -0.15) is 0 Å². The largest absolute Gasteiger partial charge is 0.497 e. The summed E-state index contributed by atoms with van der Waals surface area (Å²) in [7, 11) is 3.29. The Bertz CT molecular complexity index is 1100. The fourth-order valence-corrected chi connectivity index (χ4v) is 4.22. The van der Waals surface area contributed by atoms with E-state index < -0.39 is 29.9 Å². The Morgan fingerprint density at radius 3 is 2.36 bits per heavy atom. The molecule has 5 amide bonds. The van der Waals surface area contributed by atoms with Crippen molar-refractivity contribution < 1.29 is 23.9 Å². The smallest absolute Gasteiger partial charge is 0.315 e. The van der Waals surface area contributed by atoms with Gasteiger partial charge >= 0.3 is 6.03 Å². The zero-order valence-corrected chi connectivity index (χ0v) is 21.0. The first-order valence-corrected chi connectivity index (χ1v) is 11.8. The second-order valence-corrected chi connectivity index (χ2v) is 9.20. The van der Waals surface area contributed by atoms with Gasteiger partial charge in [-0.25, -0.2) is 4.79 Å². The molecule has 1 aliphatic rings. The number of carbonyl (C=O) groups excluding carboxylic acids is 4. The molecule has 36 heavy (non-hydrogen) atoms. The van der Waals surface area contributed by atoms with E-state index in [2.05, 4.69) is 16.0 Å². The number of primary amides is 1. The number of aryl methyl sites for hydroxylation is 1. The number of aromatic nitrogens is 1. The molecule has 3 rings (SSSR count). The summed E-state index contributed by atoms with van der Waals surface area (Å²) in [5.41, 5.74) is 6.78. The van der Waals surface area contributed by atoms with Gasteiger partial charge in [0.25, 0.3) is 5.91 Å². The third-order valence-corrected chi connectivity index (χ3v) is 6.04. The first-order chi connectivity index (χ1) is 17.1. The number of benzene rings is 1. The zero-order valence-electron chi connectivity index (χ0n) is 21.0. The Balaban J connectivity index is 1.77. The Morgan fingerprint density at radius 2 is 1.81 bits per heavy atom. The van der Waals surface area contributed by atoms with Crippen molar-refractivity contribution in [1.29, 1.82) is 0 Å². The molecule has 0 aliphatic carbocycles. The fraction of sp³-hybridized carbons (Fsp3) is 0.440. The Morgan fingerprint density at radius 1 is 1.11 bits per heavy atom. The summed E-state index contributed by atoms with van der Waals surface area (Å²) in [6.07, 6.45) is 2.12. The van der Waals surface area contributed by atoms with Crippen molar-refractivity contribution in [3.8, 4) is 5.75 Å². The van der Waals surface area contributed by atoms with Crippen molar-refractivity contribution in [2.75, 3.05) is 13.7 Å². The highest BCUT2D eigenvalue weighted by molar-refractivity contribution is 5.98. The summed E-state index contributed by atoms with van der Waals surface area (Å²) in [5, 5.41) is 8.29. The van der Waals surface area contributed by atoms with E-state index in [4.69, 9.17) is 10.5 Å². The minimum atomic E-state index is -0.978.